The Morgan fingerprint density at radius 1 is 1.17 bits per heavy atom. The Bertz CT molecular complexity index is 672. The third kappa shape index (κ3) is 4.34. The molecule has 0 unspecified atom stereocenters. The van der Waals surface area contributed by atoms with E-state index < -0.39 is 0 Å². The summed E-state index contributed by atoms with van der Waals surface area (Å²) in [5.41, 5.74) is 3.26. The Kier molecular flexibility index (Phi) is 5.83. The fraction of sp³-hybridized carbons (Fsp3) is 0.368. The zero-order valence-electron chi connectivity index (χ0n) is 13.9. The van der Waals surface area contributed by atoms with Gasteiger partial charge in [-0.25, -0.2) is 0 Å². The molecule has 3 rings (SSSR count). The number of nitrogens with one attached hydrogen (secondary N) is 1. The SMILES string of the molecule is CCOc1cccc(CNc2ccc(N3CCOCC3)c(Cl)c2)c1. The van der Waals surface area contributed by atoms with E-state index in [0.717, 1.165) is 55.0 Å². The molecule has 0 radical (unpaired) electrons. The lowest BCUT2D eigenvalue weighted by Crippen LogP contribution is -2.36. The molecule has 128 valence electrons. The van der Waals surface area contributed by atoms with Crippen molar-refractivity contribution in [3.8, 4) is 5.75 Å². The minimum absolute atomic E-state index is 0.676. The number of nitrogens with zero attached hydrogens (tertiary/aromatic N) is 1. The zero-order valence-corrected chi connectivity index (χ0v) is 14.7. The van der Waals surface area contributed by atoms with Crippen molar-refractivity contribution >= 4 is 23.0 Å². The summed E-state index contributed by atoms with van der Waals surface area (Å²) < 4.78 is 10.9. The second-order valence-electron chi connectivity index (χ2n) is 5.70. The van der Waals surface area contributed by atoms with Crippen LogP contribution in [0.25, 0.3) is 0 Å². The Balaban J connectivity index is 1.63. The lowest BCUT2D eigenvalue weighted by Gasteiger charge is -2.29. The fourth-order valence-corrected chi connectivity index (χ4v) is 3.09. The summed E-state index contributed by atoms with van der Waals surface area (Å²) in [6, 6.07) is 14.3. The van der Waals surface area contributed by atoms with Gasteiger partial charge < -0.3 is 19.7 Å². The summed E-state index contributed by atoms with van der Waals surface area (Å²) in [4.78, 5) is 2.27. The van der Waals surface area contributed by atoms with Crippen molar-refractivity contribution in [2.75, 3.05) is 43.1 Å². The lowest BCUT2D eigenvalue weighted by molar-refractivity contribution is 0.122. The van der Waals surface area contributed by atoms with Gasteiger partial charge >= 0.3 is 0 Å². The van der Waals surface area contributed by atoms with Crippen LogP contribution in [0.2, 0.25) is 5.02 Å². The maximum absolute atomic E-state index is 6.47. The Hall–Kier alpha value is -1.91. The van der Waals surface area contributed by atoms with Crippen molar-refractivity contribution in [1.82, 2.24) is 0 Å². The van der Waals surface area contributed by atoms with E-state index in [4.69, 9.17) is 21.1 Å². The van der Waals surface area contributed by atoms with Crippen LogP contribution in [-0.2, 0) is 11.3 Å². The highest BCUT2D eigenvalue weighted by Crippen LogP contribution is 2.29. The van der Waals surface area contributed by atoms with Gasteiger partial charge in [0.05, 0.1) is 30.5 Å². The van der Waals surface area contributed by atoms with Crippen molar-refractivity contribution < 1.29 is 9.47 Å². The van der Waals surface area contributed by atoms with Crippen LogP contribution in [0.3, 0.4) is 0 Å². The fourth-order valence-electron chi connectivity index (χ4n) is 2.79. The van der Waals surface area contributed by atoms with Crippen molar-refractivity contribution in [3.63, 3.8) is 0 Å². The van der Waals surface area contributed by atoms with E-state index in [0.29, 0.717) is 6.61 Å². The van der Waals surface area contributed by atoms with Crippen LogP contribution in [0.4, 0.5) is 11.4 Å². The molecule has 2 aromatic carbocycles. The maximum atomic E-state index is 6.47. The molecule has 5 heteroatoms. The van der Waals surface area contributed by atoms with E-state index in [1.165, 1.54) is 5.56 Å². The molecule has 24 heavy (non-hydrogen) atoms. The highest BCUT2D eigenvalue weighted by molar-refractivity contribution is 6.33. The molecule has 0 bridgehead atoms. The summed E-state index contributed by atoms with van der Waals surface area (Å²) >= 11 is 6.47. The van der Waals surface area contributed by atoms with Gasteiger partial charge in [-0.3, -0.25) is 0 Å². The average molecular weight is 347 g/mol. The van der Waals surface area contributed by atoms with Crippen LogP contribution in [0.15, 0.2) is 42.5 Å². The molecule has 4 nitrogen and oxygen atoms in total. The van der Waals surface area contributed by atoms with Crippen molar-refractivity contribution in [2.24, 2.45) is 0 Å². The highest BCUT2D eigenvalue weighted by atomic mass is 35.5. The third-order valence-electron chi connectivity index (χ3n) is 4.01. The van der Waals surface area contributed by atoms with Crippen LogP contribution in [-0.4, -0.2) is 32.9 Å². The molecule has 1 heterocycles. The summed E-state index contributed by atoms with van der Waals surface area (Å²) in [5, 5.41) is 4.19. The summed E-state index contributed by atoms with van der Waals surface area (Å²) in [6.07, 6.45) is 0. The van der Waals surface area contributed by atoms with Gasteiger partial charge in [-0.1, -0.05) is 23.7 Å². The second kappa shape index (κ2) is 8.27. The van der Waals surface area contributed by atoms with Crippen LogP contribution >= 0.6 is 11.6 Å². The van der Waals surface area contributed by atoms with Gasteiger partial charge in [0.1, 0.15) is 5.75 Å². The van der Waals surface area contributed by atoms with Gasteiger partial charge in [-0.15, -0.1) is 0 Å². The first-order chi connectivity index (χ1) is 11.8. The highest BCUT2D eigenvalue weighted by Gasteiger charge is 2.14. The smallest absolute Gasteiger partial charge is 0.119 e. The molecule has 0 aliphatic carbocycles. The molecule has 0 spiro atoms. The molecule has 2 aromatic rings. The number of benzene rings is 2. The molecule has 1 fully saturated rings. The topological polar surface area (TPSA) is 33.7 Å². The number of halogens is 1. The molecular weight excluding hydrogens is 324 g/mol. The van der Waals surface area contributed by atoms with Crippen molar-refractivity contribution in [1.29, 1.82) is 0 Å². The van der Waals surface area contributed by atoms with Gasteiger partial charge in [0, 0.05) is 25.3 Å². The maximum Gasteiger partial charge on any atom is 0.119 e. The van der Waals surface area contributed by atoms with E-state index in [1.807, 2.05) is 25.1 Å². The zero-order chi connectivity index (χ0) is 16.8. The van der Waals surface area contributed by atoms with Gasteiger partial charge in [-0.05, 0) is 42.8 Å². The van der Waals surface area contributed by atoms with Gasteiger partial charge in [0.15, 0.2) is 0 Å². The third-order valence-corrected chi connectivity index (χ3v) is 4.31. The first kappa shape index (κ1) is 16.9. The quantitative estimate of drug-likeness (QED) is 0.850. The first-order valence-corrected chi connectivity index (χ1v) is 8.72. The molecule has 1 aliphatic heterocycles. The number of rotatable bonds is 6. The number of ether oxygens (including phenoxy) is 2. The Labute approximate surface area is 148 Å². The lowest BCUT2D eigenvalue weighted by atomic mass is 10.2. The molecule has 0 saturated carbocycles. The second-order valence-corrected chi connectivity index (χ2v) is 6.11. The minimum Gasteiger partial charge on any atom is -0.494 e. The van der Waals surface area contributed by atoms with Crippen LogP contribution in [0.1, 0.15) is 12.5 Å². The van der Waals surface area contributed by atoms with Crippen molar-refractivity contribution in [2.45, 2.75) is 13.5 Å². The molecule has 1 saturated heterocycles. The largest absolute Gasteiger partial charge is 0.494 e. The summed E-state index contributed by atoms with van der Waals surface area (Å²) in [6.45, 7) is 6.68. The van der Waals surface area contributed by atoms with Crippen LogP contribution in [0, 0.1) is 0 Å². The van der Waals surface area contributed by atoms with E-state index >= 15 is 0 Å². The van der Waals surface area contributed by atoms with Gasteiger partial charge in [0.2, 0.25) is 0 Å². The minimum atomic E-state index is 0.676. The summed E-state index contributed by atoms with van der Waals surface area (Å²) in [5.74, 6) is 0.900. The van der Waals surface area contributed by atoms with Crippen LogP contribution in [0.5, 0.6) is 5.75 Å². The molecule has 0 amide bonds. The summed E-state index contributed by atoms with van der Waals surface area (Å²) in [7, 11) is 0. The Morgan fingerprint density at radius 3 is 2.75 bits per heavy atom. The van der Waals surface area contributed by atoms with E-state index in [1.54, 1.807) is 0 Å². The Morgan fingerprint density at radius 2 is 2.00 bits per heavy atom. The standard InChI is InChI=1S/C19H23ClN2O2/c1-2-24-17-5-3-4-15(12-17)14-21-16-6-7-19(18(20)13-16)22-8-10-23-11-9-22/h3-7,12-13,21H,2,8-11,14H2,1H3. The monoisotopic (exact) mass is 346 g/mol. The average Bonchev–Trinajstić information content (AvgIpc) is 2.61. The first-order valence-electron chi connectivity index (χ1n) is 8.34. The van der Waals surface area contributed by atoms with Gasteiger partial charge in [0.25, 0.3) is 0 Å². The molecule has 0 aromatic heterocycles. The molecule has 1 aliphatic rings. The van der Waals surface area contributed by atoms with E-state index in [9.17, 15) is 0 Å². The number of hydrogen-bond acceptors (Lipinski definition) is 4. The number of anilines is 2. The van der Waals surface area contributed by atoms with Crippen LogP contribution < -0.4 is 15.0 Å². The number of hydrogen-bond donors (Lipinski definition) is 1. The molecular formula is C19H23ClN2O2. The van der Waals surface area contributed by atoms with E-state index in [2.05, 4.69) is 34.5 Å². The van der Waals surface area contributed by atoms with Crippen molar-refractivity contribution in [3.05, 3.63) is 53.1 Å². The predicted octanol–water partition coefficient (Wildman–Crippen LogP) is 4.19. The molecule has 1 N–H and O–H groups in total. The normalized spacial score (nSPS) is 14.5. The van der Waals surface area contributed by atoms with Gasteiger partial charge in [-0.2, -0.15) is 0 Å². The molecule has 0 atom stereocenters. The number of morpholine rings is 1. The predicted molar refractivity (Wildman–Crippen MR) is 99.4 cm³/mol. The van der Waals surface area contributed by atoms with E-state index in [-0.39, 0.29) is 0 Å².